The van der Waals surface area contributed by atoms with E-state index in [0.717, 1.165) is 12.5 Å². The van der Waals surface area contributed by atoms with Crippen molar-refractivity contribution in [3.8, 4) is 0 Å². The van der Waals surface area contributed by atoms with Crippen LogP contribution < -0.4 is 5.32 Å². The summed E-state index contributed by atoms with van der Waals surface area (Å²) in [6, 6.07) is 5.08. The van der Waals surface area contributed by atoms with Gasteiger partial charge in [-0.25, -0.2) is 0 Å². The molecule has 2 aliphatic rings. The van der Waals surface area contributed by atoms with Crippen molar-refractivity contribution in [3.63, 3.8) is 0 Å². The van der Waals surface area contributed by atoms with Crippen LogP contribution in [-0.4, -0.2) is 20.3 Å². The second-order valence-corrected chi connectivity index (χ2v) is 6.93. The largest absolute Gasteiger partial charge is 0.385 e. The van der Waals surface area contributed by atoms with Crippen molar-refractivity contribution < 1.29 is 4.74 Å². The van der Waals surface area contributed by atoms with Gasteiger partial charge in [0.15, 0.2) is 0 Å². The van der Waals surface area contributed by atoms with Gasteiger partial charge in [-0.2, -0.15) is 0 Å². The molecule has 2 saturated carbocycles. The number of nitrogens with one attached hydrogen (secondary N) is 1. The van der Waals surface area contributed by atoms with Crippen LogP contribution in [0.2, 0.25) is 0 Å². The van der Waals surface area contributed by atoms with E-state index in [0.29, 0.717) is 11.5 Å². The molecule has 1 aromatic heterocycles. The number of hydrogen-bond donors (Lipinski definition) is 1. The van der Waals surface area contributed by atoms with Gasteiger partial charge in [0.2, 0.25) is 0 Å². The highest BCUT2D eigenvalue weighted by atomic mass is 32.1. The van der Waals surface area contributed by atoms with Crippen molar-refractivity contribution in [3.05, 3.63) is 22.4 Å². The minimum Gasteiger partial charge on any atom is -0.385 e. The normalized spacial score (nSPS) is 22.9. The van der Waals surface area contributed by atoms with E-state index in [4.69, 9.17) is 4.74 Å². The van der Waals surface area contributed by atoms with Gasteiger partial charge in [-0.15, -0.1) is 11.3 Å². The van der Waals surface area contributed by atoms with Crippen LogP contribution in [-0.2, 0) is 4.74 Å². The predicted octanol–water partition coefficient (Wildman–Crippen LogP) is 3.61. The Labute approximate surface area is 114 Å². The van der Waals surface area contributed by atoms with Crippen molar-refractivity contribution in [1.82, 2.24) is 5.32 Å². The zero-order valence-electron chi connectivity index (χ0n) is 11.2. The maximum absolute atomic E-state index is 5.23. The molecular formula is C15H23NOS. The van der Waals surface area contributed by atoms with Gasteiger partial charge < -0.3 is 10.1 Å². The van der Waals surface area contributed by atoms with Gasteiger partial charge in [0, 0.05) is 31.2 Å². The molecule has 100 valence electrons. The zero-order valence-corrected chi connectivity index (χ0v) is 12.0. The van der Waals surface area contributed by atoms with Crippen LogP contribution in [0.4, 0.5) is 0 Å². The first kappa shape index (κ1) is 12.6. The van der Waals surface area contributed by atoms with Gasteiger partial charge in [-0.05, 0) is 54.9 Å². The molecule has 0 amide bonds. The maximum Gasteiger partial charge on any atom is 0.0468 e. The molecule has 0 saturated heterocycles. The van der Waals surface area contributed by atoms with Crippen molar-refractivity contribution in [2.24, 2.45) is 11.3 Å². The SMILES string of the molecule is COCCC1(CNC(c2cccs2)C2CC2)CC1. The lowest BCUT2D eigenvalue weighted by Crippen LogP contribution is -2.29. The first-order valence-electron chi connectivity index (χ1n) is 7.09. The van der Waals surface area contributed by atoms with Crippen LogP contribution in [0.15, 0.2) is 17.5 Å². The molecule has 1 unspecified atom stereocenters. The predicted molar refractivity (Wildman–Crippen MR) is 75.9 cm³/mol. The highest BCUT2D eigenvalue weighted by Crippen LogP contribution is 2.49. The van der Waals surface area contributed by atoms with E-state index in [-0.39, 0.29) is 0 Å². The summed E-state index contributed by atoms with van der Waals surface area (Å²) in [7, 11) is 1.81. The van der Waals surface area contributed by atoms with Gasteiger partial charge in [0.05, 0.1) is 0 Å². The van der Waals surface area contributed by atoms with Crippen molar-refractivity contribution in [1.29, 1.82) is 0 Å². The van der Waals surface area contributed by atoms with E-state index in [2.05, 4.69) is 22.8 Å². The van der Waals surface area contributed by atoms with Gasteiger partial charge in [0.1, 0.15) is 0 Å². The molecule has 0 spiro atoms. The quantitative estimate of drug-likeness (QED) is 0.775. The lowest BCUT2D eigenvalue weighted by atomic mass is 10.0. The smallest absolute Gasteiger partial charge is 0.0468 e. The van der Waals surface area contributed by atoms with E-state index in [9.17, 15) is 0 Å². The lowest BCUT2D eigenvalue weighted by Gasteiger charge is -2.22. The van der Waals surface area contributed by atoms with Gasteiger partial charge in [-0.1, -0.05) is 6.07 Å². The third-order valence-corrected chi connectivity index (χ3v) is 5.39. The number of ether oxygens (including phenoxy) is 1. The average Bonchev–Trinajstić information content (AvgIpc) is 3.29. The monoisotopic (exact) mass is 265 g/mol. The Kier molecular flexibility index (Phi) is 3.73. The number of methoxy groups -OCH3 is 1. The van der Waals surface area contributed by atoms with E-state index in [1.165, 1.54) is 43.5 Å². The average molecular weight is 265 g/mol. The second-order valence-electron chi connectivity index (χ2n) is 5.95. The lowest BCUT2D eigenvalue weighted by molar-refractivity contribution is 0.170. The Morgan fingerprint density at radius 2 is 2.33 bits per heavy atom. The standard InChI is InChI=1S/C15H23NOS/c1-17-9-8-15(6-7-15)11-16-14(12-4-5-12)13-3-2-10-18-13/h2-3,10,12,14,16H,4-9,11H2,1H3. The molecule has 18 heavy (non-hydrogen) atoms. The first-order valence-corrected chi connectivity index (χ1v) is 7.97. The van der Waals surface area contributed by atoms with Gasteiger partial charge in [0.25, 0.3) is 0 Å². The van der Waals surface area contributed by atoms with E-state index >= 15 is 0 Å². The third-order valence-electron chi connectivity index (χ3n) is 4.43. The molecule has 0 radical (unpaired) electrons. The van der Waals surface area contributed by atoms with Crippen LogP contribution in [0.1, 0.15) is 43.0 Å². The topological polar surface area (TPSA) is 21.3 Å². The van der Waals surface area contributed by atoms with Crippen LogP contribution in [0, 0.1) is 11.3 Å². The fourth-order valence-corrected chi connectivity index (χ4v) is 3.63. The molecule has 2 fully saturated rings. The summed E-state index contributed by atoms with van der Waals surface area (Å²) in [5, 5.41) is 6.05. The summed E-state index contributed by atoms with van der Waals surface area (Å²) in [6.45, 7) is 2.09. The first-order chi connectivity index (χ1) is 8.83. The molecule has 2 nitrogen and oxygen atoms in total. The van der Waals surface area contributed by atoms with E-state index in [1.54, 1.807) is 0 Å². The Balaban J connectivity index is 1.54. The molecule has 3 heteroatoms. The second kappa shape index (κ2) is 5.32. The van der Waals surface area contributed by atoms with Gasteiger partial charge in [-0.3, -0.25) is 0 Å². The number of thiophene rings is 1. The molecule has 0 aromatic carbocycles. The Bertz CT molecular complexity index is 368. The van der Waals surface area contributed by atoms with Crippen LogP contribution >= 0.6 is 11.3 Å². The molecule has 1 atom stereocenters. The summed E-state index contributed by atoms with van der Waals surface area (Å²) in [5.41, 5.74) is 0.556. The molecule has 1 aromatic rings. The number of rotatable bonds is 8. The van der Waals surface area contributed by atoms with Crippen LogP contribution in [0.25, 0.3) is 0 Å². The highest BCUT2D eigenvalue weighted by molar-refractivity contribution is 7.10. The summed E-state index contributed by atoms with van der Waals surface area (Å²) >= 11 is 1.90. The molecule has 2 aliphatic carbocycles. The molecule has 0 aliphatic heterocycles. The van der Waals surface area contributed by atoms with Crippen molar-refractivity contribution >= 4 is 11.3 Å². The molecule has 0 bridgehead atoms. The minimum atomic E-state index is 0.556. The molecule has 1 heterocycles. The highest BCUT2D eigenvalue weighted by Gasteiger charge is 2.43. The van der Waals surface area contributed by atoms with Gasteiger partial charge >= 0.3 is 0 Å². The van der Waals surface area contributed by atoms with Crippen molar-refractivity contribution in [2.45, 2.75) is 38.1 Å². The fraction of sp³-hybridized carbons (Fsp3) is 0.733. The van der Waals surface area contributed by atoms with E-state index in [1.807, 2.05) is 18.4 Å². The third kappa shape index (κ3) is 2.95. The minimum absolute atomic E-state index is 0.556. The molecule has 3 rings (SSSR count). The molecular weight excluding hydrogens is 242 g/mol. The van der Waals surface area contributed by atoms with Crippen molar-refractivity contribution in [2.75, 3.05) is 20.3 Å². The Hall–Kier alpha value is -0.380. The molecule has 1 N–H and O–H groups in total. The summed E-state index contributed by atoms with van der Waals surface area (Å²) in [5.74, 6) is 0.891. The Morgan fingerprint density at radius 1 is 1.50 bits per heavy atom. The van der Waals surface area contributed by atoms with Crippen LogP contribution in [0.3, 0.4) is 0 Å². The number of hydrogen-bond acceptors (Lipinski definition) is 3. The maximum atomic E-state index is 5.23. The Morgan fingerprint density at radius 3 is 2.89 bits per heavy atom. The van der Waals surface area contributed by atoms with E-state index < -0.39 is 0 Å². The summed E-state index contributed by atoms with van der Waals surface area (Å²) < 4.78 is 5.23. The fourth-order valence-electron chi connectivity index (χ4n) is 2.73. The summed E-state index contributed by atoms with van der Waals surface area (Å²) in [4.78, 5) is 1.53. The zero-order chi connectivity index (χ0) is 12.4. The summed E-state index contributed by atoms with van der Waals surface area (Å²) in [6.07, 6.45) is 6.79. The van der Waals surface area contributed by atoms with Crippen LogP contribution in [0.5, 0.6) is 0 Å².